The quantitative estimate of drug-likeness (QED) is 0.346. The van der Waals surface area contributed by atoms with Crippen LogP contribution in [0.3, 0.4) is 0 Å². The van der Waals surface area contributed by atoms with Crippen molar-refractivity contribution in [2.75, 3.05) is 5.32 Å². The number of anilines is 1. The molecule has 0 aromatic heterocycles. The Morgan fingerprint density at radius 1 is 1.42 bits per heavy atom. The number of oxime groups is 1. The van der Waals surface area contributed by atoms with Gasteiger partial charge in [-0.25, -0.2) is 0 Å². The van der Waals surface area contributed by atoms with Crippen LogP contribution >= 0.6 is 23.2 Å². The minimum atomic E-state index is -0.750. The van der Waals surface area contributed by atoms with E-state index in [2.05, 4.69) is 10.5 Å². The van der Waals surface area contributed by atoms with Gasteiger partial charge in [-0.05, 0) is 18.1 Å². The first-order valence-electron chi connectivity index (χ1n) is 5.60. The van der Waals surface area contributed by atoms with Gasteiger partial charge in [0.05, 0.1) is 15.7 Å². The number of amides is 1. The van der Waals surface area contributed by atoms with Crippen molar-refractivity contribution in [3.63, 3.8) is 0 Å². The average Bonchev–Trinajstić information content (AvgIpc) is 2.34. The lowest BCUT2D eigenvalue weighted by Gasteiger charge is -2.19. The molecule has 19 heavy (non-hydrogen) atoms. The summed E-state index contributed by atoms with van der Waals surface area (Å²) in [5.41, 5.74) is 5.91. The second-order valence-corrected chi connectivity index (χ2v) is 5.12. The van der Waals surface area contributed by atoms with Crippen LogP contribution in [0.1, 0.15) is 13.8 Å². The number of carbonyl (C=O) groups excluding carboxylic acids is 1. The van der Waals surface area contributed by atoms with Crippen LogP contribution in [0, 0.1) is 11.8 Å². The van der Waals surface area contributed by atoms with Crippen molar-refractivity contribution in [3.8, 4) is 0 Å². The SMILES string of the molecule is CC(C)C(C(=O)Nc1cccc(Cl)c1Cl)C(N)=NO. The zero-order valence-electron chi connectivity index (χ0n) is 10.5. The van der Waals surface area contributed by atoms with Gasteiger partial charge in [-0.15, -0.1) is 0 Å². The standard InChI is InChI=1S/C12H15Cl2N3O2/c1-6(2)9(11(15)17-19)12(18)16-8-5-3-4-7(13)10(8)14/h3-6,9,19H,1-2H3,(H2,15,17)(H,16,18). The lowest BCUT2D eigenvalue weighted by atomic mass is 9.94. The average molecular weight is 304 g/mol. The second kappa shape index (κ2) is 6.63. The lowest BCUT2D eigenvalue weighted by molar-refractivity contribution is -0.119. The summed E-state index contributed by atoms with van der Waals surface area (Å²) >= 11 is 11.8. The molecule has 1 aromatic carbocycles. The van der Waals surface area contributed by atoms with Crippen LogP contribution in [0.4, 0.5) is 5.69 Å². The van der Waals surface area contributed by atoms with Crippen LogP contribution in [-0.4, -0.2) is 17.0 Å². The molecule has 1 rings (SSSR count). The summed E-state index contributed by atoms with van der Waals surface area (Å²) in [4.78, 5) is 12.1. The van der Waals surface area contributed by atoms with Crippen molar-refractivity contribution in [3.05, 3.63) is 28.2 Å². The van der Waals surface area contributed by atoms with Gasteiger partial charge in [0.15, 0.2) is 5.84 Å². The topological polar surface area (TPSA) is 87.7 Å². The summed E-state index contributed by atoms with van der Waals surface area (Å²) in [6.45, 7) is 3.59. The summed E-state index contributed by atoms with van der Waals surface area (Å²) in [7, 11) is 0. The predicted octanol–water partition coefficient (Wildman–Crippen LogP) is 2.95. The Morgan fingerprint density at radius 3 is 2.58 bits per heavy atom. The molecule has 104 valence electrons. The summed E-state index contributed by atoms with van der Waals surface area (Å²) < 4.78 is 0. The van der Waals surface area contributed by atoms with E-state index < -0.39 is 11.8 Å². The van der Waals surface area contributed by atoms with E-state index in [9.17, 15) is 4.79 Å². The van der Waals surface area contributed by atoms with Crippen LogP contribution in [0.25, 0.3) is 0 Å². The van der Waals surface area contributed by atoms with Gasteiger partial charge in [-0.1, -0.05) is 48.3 Å². The van der Waals surface area contributed by atoms with Gasteiger partial charge in [0.2, 0.25) is 5.91 Å². The van der Waals surface area contributed by atoms with Gasteiger partial charge >= 0.3 is 0 Å². The minimum Gasteiger partial charge on any atom is -0.409 e. The third-order valence-corrected chi connectivity index (χ3v) is 3.41. The maximum atomic E-state index is 12.1. The number of nitrogens with one attached hydrogen (secondary N) is 1. The Morgan fingerprint density at radius 2 is 2.05 bits per heavy atom. The maximum absolute atomic E-state index is 12.1. The van der Waals surface area contributed by atoms with Gasteiger partial charge in [-0.3, -0.25) is 4.79 Å². The Bertz CT molecular complexity index is 504. The van der Waals surface area contributed by atoms with Gasteiger partial charge in [0.1, 0.15) is 5.92 Å². The number of benzene rings is 1. The van der Waals surface area contributed by atoms with E-state index in [1.807, 2.05) is 0 Å². The highest BCUT2D eigenvalue weighted by atomic mass is 35.5. The Hall–Kier alpha value is -1.46. The van der Waals surface area contributed by atoms with Crippen molar-refractivity contribution >= 4 is 40.6 Å². The van der Waals surface area contributed by atoms with Crippen molar-refractivity contribution in [1.82, 2.24) is 0 Å². The number of carbonyl (C=O) groups is 1. The highest BCUT2D eigenvalue weighted by Gasteiger charge is 2.27. The number of nitrogens with zero attached hydrogens (tertiary/aromatic N) is 1. The first-order valence-corrected chi connectivity index (χ1v) is 6.36. The zero-order chi connectivity index (χ0) is 14.6. The van der Waals surface area contributed by atoms with Crippen molar-refractivity contribution in [2.45, 2.75) is 13.8 Å². The van der Waals surface area contributed by atoms with Gasteiger partial charge in [-0.2, -0.15) is 0 Å². The van der Waals surface area contributed by atoms with Crippen molar-refractivity contribution < 1.29 is 10.0 Å². The largest absolute Gasteiger partial charge is 0.409 e. The molecule has 1 atom stereocenters. The molecular formula is C12H15Cl2N3O2. The number of amidine groups is 1. The maximum Gasteiger partial charge on any atom is 0.235 e. The molecule has 0 saturated carbocycles. The molecule has 0 aliphatic carbocycles. The van der Waals surface area contributed by atoms with Gasteiger partial charge in [0.25, 0.3) is 0 Å². The van der Waals surface area contributed by atoms with Gasteiger partial charge < -0.3 is 16.3 Å². The van der Waals surface area contributed by atoms with E-state index in [4.69, 9.17) is 34.1 Å². The van der Waals surface area contributed by atoms with E-state index in [0.717, 1.165) is 0 Å². The first-order chi connectivity index (χ1) is 8.88. The first kappa shape index (κ1) is 15.6. The third kappa shape index (κ3) is 3.75. The molecule has 0 spiro atoms. The van der Waals surface area contributed by atoms with Crippen LogP contribution in [0.5, 0.6) is 0 Å². The fourth-order valence-electron chi connectivity index (χ4n) is 1.65. The number of nitrogens with two attached hydrogens (primary N) is 1. The lowest BCUT2D eigenvalue weighted by Crippen LogP contribution is -2.38. The molecule has 7 heteroatoms. The number of hydrogen-bond donors (Lipinski definition) is 3. The van der Waals surface area contributed by atoms with Gasteiger partial charge in [0, 0.05) is 0 Å². The second-order valence-electron chi connectivity index (χ2n) is 4.34. The monoisotopic (exact) mass is 303 g/mol. The molecular weight excluding hydrogens is 289 g/mol. The summed E-state index contributed by atoms with van der Waals surface area (Å²) in [5, 5.41) is 14.8. The molecule has 1 unspecified atom stereocenters. The molecule has 1 aromatic rings. The number of hydrogen-bond acceptors (Lipinski definition) is 3. The molecule has 0 fully saturated rings. The Kier molecular flexibility index (Phi) is 5.44. The molecule has 4 N–H and O–H groups in total. The fraction of sp³-hybridized carbons (Fsp3) is 0.333. The van der Waals surface area contributed by atoms with E-state index >= 15 is 0 Å². The molecule has 0 heterocycles. The van der Waals surface area contributed by atoms with E-state index in [0.29, 0.717) is 10.7 Å². The highest BCUT2D eigenvalue weighted by Crippen LogP contribution is 2.30. The molecule has 1 amide bonds. The highest BCUT2D eigenvalue weighted by molar-refractivity contribution is 6.44. The molecule has 0 bridgehead atoms. The van der Waals surface area contributed by atoms with Crippen LogP contribution in [0.15, 0.2) is 23.4 Å². The van der Waals surface area contributed by atoms with E-state index in [1.165, 1.54) is 0 Å². The minimum absolute atomic E-state index is 0.131. The summed E-state index contributed by atoms with van der Waals surface area (Å²) in [5.74, 6) is -1.44. The normalized spacial score (nSPS) is 13.4. The smallest absolute Gasteiger partial charge is 0.235 e. The zero-order valence-corrected chi connectivity index (χ0v) is 12.0. The Labute approximate surface area is 121 Å². The van der Waals surface area contributed by atoms with Crippen LogP contribution in [-0.2, 0) is 4.79 Å². The fourth-order valence-corrected chi connectivity index (χ4v) is 2.00. The van der Waals surface area contributed by atoms with Crippen LogP contribution < -0.4 is 11.1 Å². The number of rotatable bonds is 4. The molecule has 0 aliphatic rings. The Balaban J connectivity index is 2.97. The van der Waals surface area contributed by atoms with E-state index in [-0.39, 0.29) is 16.8 Å². The van der Waals surface area contributed by atoms with Crippen molar-refractivity contribution in [2.24, 2.45) is 22.7 Å². The number of halogens is 2. The summed E-state index contributed by atoms with van der Waals surface area (Å²) in [6.07, 6.45) is 0. The third-order valence-electron chi connectivity index (χ3n) is 2.59. The molecule has 0 aliphatic heterocycles. The van der Waals surface area contributed by atoms with E-state index in [1.54, 1.807) is 32.0 Å². The molecule has 0 saturated heterocycles. The molecule has 5 nitrogen and oxygen atoms in total. The van der Waals surface area contributed by atoms with Crippen LogP contribution in [0.2, 0.25) is 10.0 Å². The predicted molar refractivity (Wildman–Crippen MR) is 76.8 cm³/mol. The molecule has 0 radical (unpaired) electrons. The summed E-state index contributed by atoms with van der Waals surface area (Å²) in [6, 6.07) is 4.90. The van der Waals surface area contributed by atoms with Crippen molar-refractivity contribution in [1.29, 1.82) is 0 Å².